The molecule has 1 aliphatic carbocycles. The molecule has 0 amide bonds. The minimum absolute atomic E-state index is 0.0924. The van der Waals surface area contributed by atoms with E-state index in [0.29, 0.717) is 18.8 Å². The average Bonchev–Trinajstić information content (AvgIpc) is 3.17. The molecule has 10 heteroatoms. The number of rotatable bonds is 2. The molecule has 1 aromatic rings. The normalized spacial score (nSPS) is 25.6. The van der Waals surface area contributed by atoms with Crippen LogP contribution >= 0.6 is 0 Å². The van der Waals surface area contributed by atoms with Crippen LogP contribution in [0.25, 0.3) is 0 Å². The molecule has 0 radical (unpaired) electrons. The minimum Gasteiger partial charge on any atom is -0.342 e. The number of allylic oxidation sites excluding steroid dienone is 1. The Balaban J connectivity index is 1.55. The number of carbonyl (C=O) groups excluding carboxylic acids is 1. The number of aryl methyl sites for hydroxylation is 1. The summed E-state index contributed by atoms with van der Waals surface area (Å²) in [6.45, 7) is 5.01. The number of dihydropyridines is 1. The Labute approximate surface area is 163 Å². The fourth-order valence-corrected chi connectivity index (χ4v) is 6.55. The van der Waals surface area contributed by atoms with Crippen LogP contribution in [0, 0.1) is 10.8 Å². The van der Waals surface area contributed by atoms with E-state index in [0.717, 1.165) is 23.3 Å². The van der Waals surface area contributed by atoms with E-state index in [4.69, 9.17) is 0 Å². The van der Waals surface area contributed by atoms with Gasteiger partial charge in [0.05, 0.1) is 18.2 Å². The van der Waals surface area contributed by atoms with Crippen LogP contribution < -0.4 is 5.32 Å². The lowest BCUT2D eigenvalue weighted by atomic mass is 9.60. The van der Waals surface area contributed by atoms with Crippen molar-refractivity contribution in [3.8, 4) is 0 Å². The first-order valence-corrected chi connectivity index (χ1v) is 10.7. The van der Waals surface area contributed by atoms with E-state index < -0.39 is 15.4 Å². The summed E-state index contributed by atoms with van der Waals surface area (Å²) in [7, 11) is -2.07. The fourth-order valence-electron chi connectivity index (χ4n) is 4.89. The maximum absolute atomic E-state index is 13.1. The minimum atomic E-state index is -3.68. The highest BCUT2D eigenvalue weighted by Gasteiger charge is 2.60. The molecule has 0 unspecified atom stereocenters. The van der Waals surface area contributed by atoms with Crippen LogP contribution in [0.4, 0.5) is 0 Å². The highest BCUT2D eigenvalue weighted by molar-refractivity contribution is 7.89. The molecule has 0 bridgehead atoms. The van der Waals surface area contributed by atoms with Crippen LogP contribution in [-0.4, -0.2) is 47.9 Å². The Morgan fingerprint density at radius 2 is 1.96 bits per heavy atom. The molecule has 4 aliphatic rings. The van der Waals surface area contributed by atoms with Crippen LogP contribution in [0.15, 0.2) is 50.2 Å². The van der Waals surface area contributed by atoms with Gasteiger partial charge < -0.3 is 5.32 Å². The Morgan fingerprint density at radius 3 is 2.64 bits per heavy atom. The third-order valence-electron chi connectivity index (χ3n) is 6.16. The number of fused-ring (bicyclic) bond motifs is 2. The predicted octanol–water partition coefficient (Wildman–Crippen LogP) is 1.33. The van der Waals surface area contributed by atoms with Gasteiger partial charge in [0, 0.05) is 43.4 Å². The Kier molecular flexibility index (Phi) is 3.41. The Bertz CT molecular complexity index is 1100. The number of carbonyl (C=O) groups is 1. The van der Waals surface area contributed by atoms with Crippen molar-refractivity contribution in [3.63, 3.8) is 0 Å². The second-order valence-electron chi connectivity index (χ2n) is 8.79. The second kappa shape index (κ2) is 5.38. The summed E-state index contributed by atoms with van der Waals surface area (Å²) >= 11 is 0. The lowest BCUT2D eigenvalue weighted by molar-refractivity contribution is -0.120. The van der Waals surface area contributed by atoms with Gasteiger partial charge >= 0.3 is 0 Å². The second-order valence-corrected chi connectivity index (χ2v) is 10.7. The largest absolute Gasteiger partial charge is 0.342 e. The zero-order valence-corrected chi connectivity index (χ0v) is 16.9. The summed E-state index contributed by atoms with van der Waals surface area (Å²) in [6.07, 6.45) is 2.66. The zero-order valence-electron chi connectivity index (χ0n) is 16.1. The van der Waals surface area contributed by atoms with Gasteiger partial charge in [0.1, 0.15) is 0 Å². The van der Waals surface area contributed by atoms with Crippen LogP contribution in [0.2, 0.25) is 0 Å². The first kappa shape index (κ1) is 17.7. The number of hydrogen-bond donors (Lipinski definition) is 1. The molecule has 148 valence electrons. The maximum atomic E-state index is 13.1. The monoisotopic (exact) mass is 402 g/mol. The first-order chi connectivity index (χ1) is 13.1. The van der Waals surface area contributed by atoms with E-state index in [-0.39, 0.29) is 29.3 Å². The molecule has 1 fully saturated rings. The van der Waals surface area contributed by atoms with Crippen molar-refractivity contribution in [2.45, 2.75) is 31.7 Å². The van der Waals surface area contributed by atoms with E-state index in [2.05, 4.69) is 34.5 Å². The molecule has 0 atom stereocenters. The van der Waals surface area contributed by atoms with Crippen LogP contribution in [0.3, 0.4) is 0 Å². The number of ketones is 1. The predicted molar refractivity (Wildman–Crippen MR) is 99.3 cm³/mol. The molecule has 1 saturated heterocycles. The molecule has 1 N–H and O–H groups in total. The SMILES string of the molecule is Cn1nccc1S(=O)(=O)N1CC2(C1)C1=C(N=NC1)NC1=C2C(=O)CC(C)(C)C1. The summed E-state index contributed by atoms with van der Waals surface area (Å²) in [6, 6.07) is 1.49. The van der Waals surface area contributed by atoms with Crippen LogP contribution in [-0.2, 0) is 21.9 Å². The van der Waals surface area contributed by atoms with Gasteiger partial charge in [-0.1, -0.05) is 13.8 Å². The summed E-state index contributed by atoms with van der Waals surface area (Å²) < 4.78 is 28.9. The fraction of sp³-hybridized carbons (Fsp3) is 0.556. The van der Waals surface area contributed by atoms with E-state index >= 15 is 0 Å². The van der Waals surface area contributed by atoms with Gasteiger partial charge in [-0.15, -0.1) is 5.11 Å². The summed E-state index contributed by atoms with van der Waals surface area (Å²) in [5, 5.41) is 15.8. The molecule has 5 rings (SSSR count). The van der Waals surface area contributed by atoms with Gasteiger partial charge in [0.15, 0.2) is 16.6 Å². The third-order valence-corrected chi connectivity index (χ3v) is 8.03. The number of aromatic nitrogens is 2. The number of nitrogens with zero attached hydrogens (tertiary/aromatic N) is 5. The third kappa shape index (κ3) is 2.24. The van der Waals surface area contributed by atoms with Crippen molar-refractivity contribution < 1.29 is 13.2 Å². The lowest BCUT2D eigenvalue weighted by Gasteiger charge is -2.54. The molecule has 4 heterocycles. The smallest absolute Gasteiger partial charge is 0.260 e. The highest BCUT2D eigenvalue weighted by Crippen LogP contribution is 2.55. The molecule has 1 spiro atoms. The zero-order chi connectivity index (χ0) is 19.9. The standard InChI is InChI=1S/C18H22N6O3S/c1-17(2)6-12-15(13(25)7-17)18(11-8-19-22-16(11)21-12)9-24(10-18)28(26,27)14-4-5-20-23(14)3/h4-5,21H,6-10H2,1-3H3. The van der Waals surface area contributed by atoms with Crippen molar-refractivity contribution in [1.82, 2.24) is 19.4 Å². The molecule has 0 saturated carbocycles. The number of nitrogens with one attached hydrogen (secondary N) is 1. The van der Waals surface area contributed by atoms with Crippen LogP contribution in [0.5, 0.6) is 0 Å². The quantitative estimate of drug-likeness (QED) is 0.803. The van der Waals surface area contributed by atoms with E-state index in [9.17, 15) is 13.2 Å². The highest BCUT2D eigenvalue weighted by atomic mass is 32.2. The molecular formula is C18H22N6O3S. The van der Waals surface area contributed by atoms with Crippen molar-refractivity contribution in [1.29, 1.82) is 0 Å². The lowest BCUT2D eigenvalue weighted by Crippen LogP contribution is -2.63. The Hall–Kier alpha value is -2.33. The average molecular weight is 402 g/mol. The molecule has 1 aromatic heterocycles. The van der Waals surface area contributed by atoms with Gasteiger partial charge in [-0.05, 0) is 17.9 Å². The topological polar surface area (TPSA) is 109 Å². The van der Waals surface area contributed by atoms with E-state index in [1.54, 1.807) is 7.05 Å². The molecule has 0 aromatic carbocycles. The van der Waals surface area contributed by atoms with Gasteiger partial charge in [-0.25, -0.2) is 8.42 Å². The van der Waals surface area contributed by atoms with Gasteiger partial charge in [-0.2, -0.15) is 14.5 Å². The number of hydrogen-bond acceptors (Lipinski definition) is 7. The van der Waals surface area contributed by atoms with Crippen LogP contribution in [0.1, 0.15) is 26.7 Å². The summed E-state index contributed by atoms with van der Waals surface area (Å²) in [4.78, 5) is 13.1. The maximum Gasteiger partial charge on any atom is 0.260 e. The number of azo groups is 1. The summed E-state index contributed by atoms with van der Waals surface area (Å²) in [5.74, 6) is 0.775. The molecule has 3 aliphatic heterocycles. The first-order valence-electron chi connectivity index (χ1n) is 9.27. The van der Waals surface area contributed by atoms with Crippen molar-refractivity contribution >= 4 is 15.8 Å². The number of Topliss-reactive ketones (excluding diaryl/α,β-unsaturated/α-hetero) is 1. The van der Waals surface area contributed by atoms with E-state index in [1.807, 2.05) is 0 Å². The van der Waals surface area contributed by atoms with E-state index in [1.165, 1.54) is 21.3 Å². The van der Waals surface area contributed by atoms with Gasteiger partial charge in [-0.3, -0.25) is 9.48 Å². The molecular weight excluding hydrogens is 380 g/mol. The van der Waals surface area contributed by atoms with Gasteiger partial charge in [0.2, 0.25) is 0 Å². The van der Waals surface area contributed by atoms with Crippen molar-refractivity contribution in [3.05, 3.63) is 34.9 Å². The molecule has 9 nitrogen and oxygen atoms in total. The number of sulfonamides is 1. The van der Waals surface area contributed by atoms with Gasteiger partial charge in [0.25, 0.3) is 10.0 Å². The summed E-state index contributed by atoms with van der Waals surface area (Å²) in [5.41, 5.74) is 1.77. The molecule has 28 heavy (non-hydrogen) atoms. The Morgan fingerprint density at radius 1 is 1.21 bits per heavy atom. The van der Waals surface area contributed by atoms with Crippen molar-refractivity contribution in [2.24, 2.45) is 28.1 Å². The van der Waals surface area contributed by atoms with Crippen molar-refractivity contribution in [2.75, 3.05) is 19.6 Å².